The largest absolute Gasteiger partial charge is 0.481 e. The quantitative estimate of drug-likeness (QED) is 0.536. The van der Waals surface area contributed by atoms with Crippen LogP contribution in [0.25, 0.3) is 0 Å². The number of carboxylic acid groups (broad SMARTS) is 1. The van der Waals surface area contributed by atoms with E-state index in [1.165, 1.54) is 0 Å². The molecule has 5 atom stereocenters. The lowest BCUT2D eigenvalue weighted by Gasteiger charge is -2.38. The molecule has 0 spiro atoms. The van der Waals surface area contributed by atoms with Crippen molar-refractivity contribution in [2.75, 3.05) is 0 Å². The Morgan fingerprint density at radius 2 is 1.55 bits per heavy atom. The number of carbonyl (C=O) groups excluding carboxylic acids is 1. The number of carboxylic acids is 1. The highest BCUT2D eigenvalue weighted by atomic mass is 16.6. The zero-order chi connectivity index (χ0) is 16.4. The maximum absolute atomic E-state index is 12.2. The molecule has 2 saturated carbocycles. The van der Waals surface area contributed by atoms with Gasteiger partial charge in [-0.15, -0.1) is 0 Å². The van der Waals surface area contributed by atoms with Crippen LogP contribution in [0, 0.1) is 17.8 Å². The maximum atomic E-state index is 12.2. The molecular weight excluding hydrogens is 292 g/mol. The Labute approximate surface area is 128 Å². The standard InChI is InChI=1S/C15H24O7/c1-7-2-4-8(5-3-7)15(21)22-10-6-9(14(19)20)11(16)13(18)12(10)17/h7-13,16-18H,2-6H2,1H3,(H,19,20)/t7?,8?,9-,10?,11+,12-,13-/m0/s1. The van der Waals surface area contributed by atoms with Crippen molar-refractivity contribution in [1.29, 1.82) is 0 Å². The van der Waals surface area contributed by atoms with Crippen molar-refractivity contribution in [2.24, 2.45) is 17.8 Å². The lowest BCUT2D eigenvalue weighted by Crippen LogP contribution is -2.56. The number of aliphatic hydroxyl groups excluding tert-OH is 3. The van der Waals surface area contributed by atoms with Crippen molar-refractivity contribution in [3.05, 3.63) is 0 Å². The van der Waals surface area contributed by atoms with Gasteiger partial charge in [-0.05, 0) is 31.6 Å². The Kier molecular flexibility index (Phi) is 5.41. The second-order valence-corrected chi connectivity index (χ2v) is 6.58. The van der Waals surface area contributed by atoms with E-state index in [0.717, 1.165) is 25.7 Å². The van der Waals surface area contributed by atoms with Crippen LogP contribution in [-0.4, -0.2) is 56.8 Å². The van der Waals surface area contributed by atoms with Crippen molar-refractivity contribution in [1.82, 2.24) is 0 Å². The summed E-state index contributed by atoms with van der Waals surface area (Å²) in [5.74, 6) is -2.66. The van der Waals surface area contributed by atoms with E-state index < -0.39 is 42.3 Å². The van der Waals surface area contributed by atoms with E-state index in [2.05, 4.69) is 6.92 Å². The first-order valence-electron chi connectivity index (χ1n) is 7.78. The first-order chi connectivity index (χ1) is 10.3. The predicted octanol–water partition coefficient (Wildman–Crippen LogP) is -0.0883. The van der Waals surface area contributed by atoms with E-state index in [-0.39, 0.29) is 12.3 Å². The molecule has 0 bridgehead atoms. The van der Waals surface area contributed by atoms with Crippen LogP contribution in [0.2, 0.25) is 0 Å². The minimum absolute atomic E-state index is 0.205. The van der Waals surface area contributed by atoms with E-state index in [1.807, 2.05) is 0 Å². The molecule has 2 aliphatic rings. The summed E-state index contributed by atoms with van der Waals surface area (Å²) in [5.41, 5.74) is 0. The van der Waals surface area contributed by atoms with E-state index in [0.29, 0.717) is 5.92 Å². The molecule has 0 aliphatic heterocycles. The summed E-state index contributed by atoms with van der Waals surface area (Å²) < 4.78 is 5.25. The minimum Gasteiger partial charge on any atom is -0.481 e. The molecule has 0 amide bonds. The van der Waals surface area contributed by atoms with Gasteiger partial charge < -0.3 is 25.2 Å². The van der Waals surface area contributed by atoms with Crippen LogP contribution in [0.1, 0.15) is 39.0 Å². The van der Waals surface area contributed by atoms with Crippen LogP contribution >= 0.6 is 0 Å². The highest BCUT2D eigenvalue weighted by molar-refractivity contribution is 5.73. The van der Waals surface area contributed by atoms with E-state index in [4.69, 9.17) is 9.84 Å². The summed E-state index contributed by atoms with van der Waals surface area (Å²) in [7, 11) is 0. The molecule has 4 N–H and O–H groups in total. The van der Waals surface area contributed by atoms with E-state index in [1.54, 1.807) is 0 Å². The number of aliphatic carboxylic acids is 1. The molecule has 0 radical (unpaired) electrons. The molecule has 0 aromatic carbocycles. The summed E-state index contributed by atoms with van der Waals surface area (Å²) in [6.07, 6.45) is -2.69. The zero-order valence-corrected chi connectivity index (χ0v) is 12.6. The molecule has 22 heavy (non-hydrogen) atoms. The molecule has 2 fully saturated rings. The van der Waals surface area contributed by atoms with Crippen LogP contribution in [0.15, 0.2) is 0 Å². The lowest BCUT2D eigenvalue weighted by atomic mass is 9.80. The molecule has 7 nitrogen and oxygen atoms in total. The van der Waals surface area contributed by atoms with Crippen molar-refractivity contribution in [3.8, 4) is 0 Å². The third-order valence-corrected chi connectivity index (χ3v) is 4.91. The normalized spacial score (nSPS) is 42.6. The number of ether oxygens (including phenoxy) is 1. The molecule has 0 aromatic heterocycles. The van der Waals surface area contributed by atoms with Crippen LogP contribution in [-0.2, 0) is 14.3 Å². The number of carbonyl (C=O) groups is 2. The van der Waals surface area contributed by atoms with Crippen LogP contribution < -0.4 is 0 Å². The van der Waals surface area contributed by atoms with Gasteiger partial charge in [-0.3, -0.25) is 9.59 Å². The van der Waals surface area contributed by atoms with Gasteiger partial charge in [0, 0.05) is 6.42 Å². The zero-order valence-electron chi connectivity index (χ0n) is 12.6. The maximum Gasteiger partial charge on any atom is 0.309 e. The van der Waals surface area contributed by atoms with Gasteiger partial charge in [0.05, 0.1) is 17.9 Å². The number of hydrogen-bond donors (Lipinski definition) is 4. The highest BCUT2D eigenvalue weighted by Crippen LogP contribution is 2.32. The first kappa shape index (κ1) is 17.2. The SMILES string of the molecule is CC1CCC(C(=O)OC2C[C@H](C(=O)O)[C@@H](O)[C@H](O)[C@H]2O)CC1. The van der Waals surface area contributed by atoms with Crippen molar-refractivity contribution in [3.63, 3.8) is 0 Å². The van der Waals surface area contributed by atoms with Crippen molar-refractivity contribution < 1.29 is 34.8 Å². The topological polar surface area (TPSA) is 124 Å². The fraction of sp³-hybridized carbons (Fsp3) is 0.867. The van der Waals surface area contributed by atoms with Gasteiger partial charge in [0.2, 0.25) is 0 Å². The van der Waals surface area contributed by atoms with Gasteiger partial charge in [0.1, 0.15) is 18.3 Å². The average Bonchev–Trinajstić information content (AvgIpc) is 2.48. The van der Waals surface area contributed by atoms with E-state index >= 15 is 0 Å². The Morgan fingerprint density at radius 3 is 2.09 bits per heavy atom. The second-order valence-electron chi connectivity index (χ2n) is 6.58. The molecule has 0 saturated heterocycles. The molecule has 0 heterocycles. The monoisotopic (exact) mass is 316 g/mol. The number of hydrogen-bond acceptors (Lipinski definition) is 6. The molecule has 7 heteroatoms. The Hall–Kier alpha value is -1.18. The van der Waals surface area contributed by atoms with Gasteiger partial charge in [-0.2, -0.15) is 0 Å². The van der Waals surface area contributed by atoms with Gasteiger partial charge in [0.25, 0.3) is 0 Å². The predicted molar refractivity (Wildman–Crippen MR) is 74.8 cm³/mol. The molecule has 126 valence electrons. The molecule has 2 rings (SSSR count). The lowest BCUT2D eigenvalue weighted by molar-refractivity contribution is -0.196. The van der Waals surface area contributed by atoms with Crippen LogP contribution in [0.5, 0.6) is 0 Å². The number of aliphatic hydroxyl groups is 3. The minimum atomic E-state index is -1.64. The Balaban J connectivity index is 1.98. The van der Waals surface area contributed by atoms with Crippen LogP contribution in [0.4, 0.5) is 0 Å². The van der Waals surface area contributed by atoms with Crippen molar-refractivity contribution in [2.45, 2.75) is 63.4 Å². The summed E-state index contributed by atoms with van der Waals surface area (Å²) in [4.78, 5) is 23.3. The molecular formula is C15H24O7. The van der Waals surface area contributed by atoms with E-state index in [9.17, 15) is 24.9 Å². The summed E-state index contributed by atoms with van der Waals surface area (Å²) in [6, 6.07) is 0. The first-order valence-corrected chi connectivity index (χ1v) is 7.78. The third kappa shape index (κ3) is 3.59. The third-order valence-electron chi connectivity index (χ3n) is 4.91. The van der Waals surface area contributed by atoms with Crippen molar-refractivity contribution >= 4 is 11.9 Å². The smallest absolute Gasteiger partial charge is 0.309 e. The summed E-state index contributed by atoms with van der Waals surface area (Å²) >= 11 is 0. The highest BCUT2D eigenvalue weighted by Gasteiger charge is 2.47. The Bertz CT molecular complexity index is 416. The van der Waals surface area contributed by atoms with Gasteiger partial charge in [-0.25, -0.2) is 0 Å². The molecule has 2 aliphatic carbocycles. The fourth-order valence-corrected chi connectivity index (χ4v) is 3.30. The molecule has 0 aromatic rings. The van der Waals surface area contributed by atoms with Gasteiger partial charge in [0.15, 0.2) is 0 Å². The second kappa shape index (κ2) is 6.93. The molecule has 1 unspecified atom stereocenters. The Morgan fingerprint density at radius 1 is 0.955 bits per heavy atom. The van der Waals surface area contributed by atoms with Crippen LogP contribution in [0.3, 0.4) is 0 Å². The van der Waals surface area contributed by atoms with Gasteiger partial charge in [-0.1, -0.05) is 6.92 Å². The average molecular weight is 316 g/mol. The summed E-state index contributed by atoms with van der Waals surface area (Å²) in [5, 5.41) is 38.4. The fourth-order valence-electron chi connectivity index (χ4n) is 3.30. The number of rotatable bonds is 3. The summed E-state index contributed by atoms with van der Waals surface area (Å²) in [6.45, 7) is 2.13. The number of esters is 1. The van der Waals surface area contributed by atoms with Gasteiger partial charge >= 0.3 is 11.9 Å².